The van der Waals surface area contributed by atoms with Gasteiger partial charge in [-0.1, -0.05) is 6.07 Å². The summed E-state index contributed by atoms with van der Waals surface area (Å²) in [6.07, 6.45) is 0.203. The van der Waals surface area contributed by atoms with Crippen LogP contribution in [0.5, 0.6) is 0 Å². The van der Waals surface area contributed by atoms with Gasteiger partial charge in [-0.05, 0) is 11.4 Å². The molecule has 0 aliphatic carbocycles. The van der Waals surface area contributed by atoms with Crippen LogP contribution >= 0.6 is 23.1 Å². The van der Waals surface area contributed by atoms with Crippen LogP contribution in [0.3, 0.4) is 0 Å². The quantitative estimate of drug-likeness (QED) is 0.517. The normalized spacial score (nSPS) is 21.7. The number of fused-ring (bicyclic) bond motifs is 1. The number of carbonyl (C=O) groups excluding carboxylic acids is 4. The number of amides is 3. The maximum atomic E-state index is 12.5. The van der Waals surface area contributed by atoms with Crippen molar-refractivity contribution in [2.75, 3.05) is 12.4 Å². The van der Waals surface area contributed by atoms with Crippen LogP contribution in [0.15, 0.2) is 28.8 Å². The highest BCUT2D eigenvalue weighted by Gasteiger charge is 2.53. The Kier molecular flexibility index (Phi) is 5.33. The summed E-state index contributed by atoms with van der Waals surface area (Å²) in [5, 5.41) is 4.21. The van der Waals surface area contributed by atoms with E-state index in [0.29, 0.717) is 11.3 Å². The van der Waals surface area contributed by atoms with Crippen LogP contribution in [0.1, 0.15) is 11.8 Å². The number of nitrogens with one attached hydrogen (secondary N) is 1. The van der Waals surface area contributed by atoms with Gasteiger partial charge < -0.3 is 15.8 Å². The van der Waals surface area contributed by atoms with Crippen molar-refractivity contribution >= 4 is 46.8 Å². The predicted octanol–water partition coefficient (Wildman–Crippen LogP) is -0.00700. The maximum absolute atomic E-state index is 12.5. The number of carbonyl (C=O) groups is 4. The Bertz CT molecular complexity index is 790. The van der Waals surface area contributed by atoms with Crippen molar-refractivity contribution in [3.05, 3.63) is 33.7 Å². The van der Waals surface area contributed by atoms with Gasteiger partial charge in [0, 0.05) is 23.1 Å². The standard InChI is InChI=1S/C16H17N3O5S2/c1-8(20)24-6-9-7-26-16-12(15(23)19(16)13(9)14(17)22)18-11(21)5-10-3-2-4-25-10/h2-4,12,16H,5-7H2,1H3,(H2,17,22)(H,18,21)/t12-,16-/m1/s1. The molecule has 1 aromatic rings. The van der Waals surface area contributed by atoms with Crippen molar-refractivity contribution in [2.24, 2.45) is 5.73 Å². The van der Waals surface area contributed by atoms with Crippen LogP contribution < -0.4 is 11.1 Å². The van der Waals surface area contributed by atoms with E-state index in [9.17, 15) is 19.2 Å². The number of rotatable bonds is 6. The number of primary amides is 1. The molecule has 2 aliphatic heterocycles. The van der Waals surface area contributed by atoms with Gasteiger partial charge >= 0.3 is 5.97 Å². The van der Waals surface area contributed by atoms with Crippen molar-refractivity contribution in [1.82, 2.24) is 10.2 Å². The Balaban J connectivity index is 1.69. The van der Waals surface area contributed by atoms with E-state index in [1.54, 1.807) is 0 Å². The highest BCUT2D eigenvalue weighted by Crippen LogP contribution is 2.40. The molecule has 1 saturated heterocycles. The Morgan fingerprint density at radius 1 is 1.42 bits per heavy atom. The van der Waals surface area contributed by atoms with Crippen LogP contribution in [0.25, 0.3) is 0 Å². The third-order valence-electron chi connectivity index (χ3n) is 3.96. The fraction of sp³-hybridized carbons (Fsp3) is 0.375. The topological polar surface area (TPSA) is 119 Å². The Hall–Kier alpha value is -2.33. The van der Waals surface area contributed by atoms with Gasteiger partial charge in [0.15, 0.2) is 0 Å². The largest absolute Gasteiger partial charge is 0.461 e. The minimum atomic E-state index is -0.755. The number of hydrogen-bond donors (Lipinski definition) is 2. The summed E-state index contributed by atoms with van der Waals surface area (Å²) < 4.78 is 4.93. The molecule has 3 rings (SSSR count). The van der Waals surface area contributed by atoms with E-state index in [1.165, 1.54) is 34.9 Å². The molecule has 3 amide bonds. The first-order valence-electron chi connectivity index (χ1n) is 7.80. The molecule has 0 saturated carbocycles. The van der Waals surface area contributed by atoms with Crippen LogP contribution in [-0.4, -0.2) is 52.4 Å². The van der Waals surface area contributed by atoms with Gasteiger partial charge in [-0.3, -0.25) is 24.1 Å². The Morgan fingerprint density at radius 2 is 2.19 bits per heavy atom. The zero-order chi connectivity index (χ0) is 18.8. The minimum Gasteiger partial charge on any atom is -0.461 e. The summed E-state index contributed by atoms with van der Waals surface area (Å²) in [5.41, 5.74) is 5.97. The first-order valence-corrected chi connectivity index (χ1v) is 9.73. The molecule has 0 spiro atoms. The summed E-state index contributed by atoms with van der Waals surface area (Å²) in [4.78, 5) is 49.6. The number of nitrogens with zero attached hydrogens (tertiary/aromatic N) is 1. The molecule has 1 fully saturated rings. The van der Waals surface area contributed by atoms with Crippen molar-refractivity contribution in [3.63, 3.8) is 0 Å². The molecule has 0 aromatic carbocycles. The summed E-state index contributed by atoms with van der Waals surface area (Å²) in [5.74, 6) is -1.49. The number of nitrogens with two attached hydrogens (primary N) is 1. The van der Waals surface area contributed by atoms with Gasteiger partial charge in [0.05, 0.1) is 6.42 Å². The van der Waals surface area contributed by atoms with Gasteiger partial charge in [0.25, 0.3) is 11.8 Å². The van der Waals surface area contributed by atoms with E-state index in [1.807, 2.05) is 17.5 Å². The average Bonchev–Trinajstić information content (AvgIpc) is 3.09. The second-order valence-corrected chi connectivity index (χ2v) is 7.95. The van der Waals surface area contributed by atoms with E-state index < -0.39 is 29.2 Å². The number of hydrogen-bond acceptors (Lipinski definition) is 7. The lowest BCUT2D eigenvalue weighted by atomic mass is 10.0. The smallest absolute Gasteiger partial charge is 0.302 e. The van der Waals surface area contributed by atoms with Crippen LogP contribution in [-0.2, 0) is 30.3 Å². The van der Waals surface area contributed by atoms with Crippen LogP contribution in [0.2, 0.25) is 0 Å². The van der Waals surface area contributed by atoms with E-state index in [4.69, 9.17) is 10.5 Å². The monoisotopic (exact) mass is 395 g/mol. The van der Waals surface area contributed by atoms with E-state index >= 15 is 0 Å². The lowest BCUT2D eigenvalue weighted by Crippen LogP contribution is -2.71. The Morgan fingerprint density at radius 3 is 2.81 bits per heavy atom. The van der Waals surface area contributed by atoms with Gasteiger partial charge in [-0.15, -0.1) is 23.1 Å². The summed E-state index contributed by atoms with van der Waals surface area (Å²) in [7, 11) is 0. The molecule has 8 nitrogen and oxygen atoms in total. The first kappa shape index (κ1) is 18.5. The number of thioether (sulfide) groups is 1. The molecular weight excluding hydrogens is 378 g/mol. The summed E-state index contributed by atoms with van der Waals surface area (Å²) >= 11 is 2.86. The highest BCUT2D eigenvalue weighted by molar-refractivity contribution is 8.00. The number of ether oxygens (including phenoxy) is 1. The molecular formula is C16H17N3O5S2. The maximum Gasteiger partial charge on any atom is 0.302 e. The SMILES string of the molecule is CC(=O)OCC1=C(C(N)=O)N2C(=O)[C@@H](NC(=O)Cc3cccs3)[C@H]2SC1. The van der Waals surface area contributed by atoms with Crippen molar-refractivity contribution in [3.8, 4) is 0 Å². The van der Waals surface area contributed by atoms with Crippen molar-refractivity contribution < 1.29 is 23.9 Å². The second kappa shape index (κ2) is 7.50. The van der Waals surface area contributed by atoms with Gasteiger partial charge in [0.1, 0.15) is 23.7 Å². The highest BCUT2D eigenvalue weighted by atomic mass is 32.2. The average molecular weight is 395 g/mol. The molecule has 2 atom stereocenters. The zero-order valence-electron chi connectivity index (χ0n) is 13.9. The lowest BCUT2D eigenvalue weighted by Gasteiger charge is -2.49. The molecule has 0 bridgehead atoms. The zero-order valence-corrected chi connectivity index (χ0v) is 15.5. The number of β-lactam (4-membered cyclic amide) rings is 1. The first-order chi connectivity index (χ1) is 12.4. The van der Waals surface area contributed by atoms with Crippen LogP contribution in [0.4, 0.5) is 0 Å². The predicted molar refractivity (Wildman–Crippen MR) is 95.9 cm³/mol. The molecule has 3 N–H and O–H groups in total. The molecule has 26 heavy (non-hydrogen) atoms. The molecule has 0 radical (unpaired) electrons. The van der Waals surface area contributed by atoms with E-state index in [2.05, 4.69) is 5.32 Å². The third kappa shape index (κ3) is 3.61. The lowest BCUT2D eigenvalue weighted by molar-refractivity contribution is -0.147. The van der Waals surface area contributed by atoms with Crippen molar-refractivity contribution in [2.45, 2.75) is 24.8 Å². The fourth-order valence-electron chi connectivity index (χ4n) is 2.82. The van der Waals surface area contributed by atoms with Gasteiger partial charge in [-0.2, -0.15) is 0 Å². The fourth-order valence-corrected chi connectivity index (χ4v) is 4.85. The Labute approximate surface area is 157 Å². The third-order valence-corrected chi connectivity index (χ3v) is 6.18. The van der Waals surface area contributed by atoms with E-state index in [0.717, 1.165) is 4.88 Å². The summed E-state index contributed by atoms with van der Waals surface area (Å²) in [6.45, 7) is 1.17. The van der Waals surface area contributed by atoms with Gasteiger partial charge in [-0.25, -0.2) is 0 Å². The number of thiophene rings is 1. The van der Waals surface area contributed by atoms with Crippen LogP contribution in [0, 0.1) is 0 Å². The second-order valence-electron chi connectivity index (χ2n) is 5.81. The molecule has 10 heteroatoms. The minimum absolute atomic E-state index is 0.0590. The molecule has 138 valence electrons. The number of esters is 1. The molecule has 3 heterocycles. The molecule has 0 unspecified atom stereocenters. The molecule has 1 aromatic heterocycles. The van der Waals surface area contributed by atoms with Crippen molar-refractivity contribution in [1.29, 1.82) is 0 Å². The van der Waals surface area contributed by atoms with Gasteiger partial charge in [0.2, 0.25) is 5.91 Å². The molecule has 2 aliphatic rings. The summed E-state index contributed by atoms with van der Waals surface area (Å²) in [6, 6.07) is 3.01. The van der Waals surface area contributed by atoms with E-state index in [-0.39, 0.29) is 24.6 Å².